The third-order valence-electron chi connectivity index (χ3n) is 3.45. The third kappa shape index (κ3) is 3.23. The molecule has 3 heteroatoms. The number of carboxylic acids is 1. The Morgan fingerprint density at radius 1 is 1.15 bits per heavy atom. The van der Waals surface area contributed by atoms with Gasteiger partial charge < -0.3 is 5.11 Å². The predicted molar refractivity (Wildman–Crippen MR) is 76.4 cm³/mol. The van der Waals surface area contributed by atoms with E-state index >= 15 is 0 Å². The molecule has 0 aliphatic heterocycles. The Hall–Kier alpha value is -2.16. The average molecular weight is 272 g/mol. The Morgan fingerprint density at radius 2 is 1.80 bits per heavy atom. The third-order valence-corrected chi connectivity index (χ3v) is 3.45. The number of aryl methyl sites for hydroxylation is 2. The molecule has 20 heavy (non-hydrogen) atoms. The monoisotopic (exact) mass is 272 g/mol. The zero-order valence-corrected chi connectivity index (χ0v) is 11.6. The molecule has 0 fully saturated rings. The van der Waals surface area contributed by atoms with Crippen molar-refractivity contribution in [3.05, 3.63) is 70.5 Å². The summed E-state index contributed by atoms with van der Waals surface area (Å²) >= 11 is 0. The Morgan fingerprint density at radius 3 is 2.35 bits per heavy atom. The van der Waals surface area contributed by atoms with E-state index in [0.717, 1.165) is 22.3 Å². The molecule has 0 aliphatic carbocycles. The highest BCUT2D eigenvalue weighted by molar-refractivity contribution is 5.77. The Labute approximate surface area is 117 Å². The van der Waals surface area contributed by atoms with Crippen molar-refractivity contribution in [3.8, 4) is 0 Å². The molecule has 0 aromatic heterocycles. The van der Waals surface area contributed by atoms with E-state index < -0.39 is 11.9 Å². The van der Waals surface area contributed by atoms with E-state index in [4.69, 9.17) is 0 Å². The van der Waals surface area contributed by atoms with E-state index in [1.807, 2.05) is 32.0 Å². The molecule has 104 valence electrons. The highest BCUT2D eigenvalue weighted by atomic mass is 19.1. The minimum atomic E-state index is -0.860. The topological polar surface area (TPSA) is 37.3 Å². The summed E-state index contributed by atoms with van der Waals surface area (Å²) in [6, 6.07) is 11.8. The smallest absolute Gasteiger partial charge is 0.311 e. The highest BCUT2D eigenvalue weighted by Gasteiger charge is 2.22. The summed E-state index contributed by atoms with van der Waals surface area (Å²) in [5.74, 6) is -1.78. The summed E-state index contributed by atoms with van der Waals surface area (Å²) in [6.07, 6.45) is 0.361. The van der Waals surface area contributed by atoms with Crippen LogP contribution < -0.4 is 0 Å². The second-order valence-electron chi connectivity index (χ2n) is 5.08. The van der Waals surface area contributed by atoms with Crippen LogP contribution in [0, 0.1) is 19.7 Å². The minimum Gasteiger partial charge on any atom is -0.481 e. The first-order chi connectivity index (χ1) is 9.47. The molecule has 0 heterocycles. The molecule has 1 N–H and O–H groups in total. The lowest BCUT2D eigenvalue weighted by atomic mass is 9.88. The van der Waals surface area contributed by atoms with Gasteiger partial charge >= 0.3 is 5.97 Å². The molecule has 1 unspecified atom stereocenters. The van der Waals surface area contributed by atoms with Gasteiger partial charge in [-0.15, -0.1) is 0 Å². The summed E-state index contributed by atoms with van der Waals surface area (Å²) in [5, 5.41) is 9.46. The van der Waals surface area contributed by atoms with Crippen LogP contribution in [0.15, 0.2) is 42.5 Å². The minimum absolute atomic E-state index is 0.313. The molecule has 2 rings (SSSR count). The number of carbonyl (C=O) groups is 1. The number of rotatable bonds is 4. The van der Waals surface area contributed by atoms with Gasteiger partial charge in [-0.2, -0.15) is 0 Å². The Bertz CT molecular complexity index is 617. The zero-order chi connectivity index (χ0) is 14.7. The van der Waals surface area contributed by atoms with Crippen molar-refractivity contribution in [2.45, 2.75) is 26.2 Å². The van der Waals surface area contributed by atoms with Crippen LogP contribution in [0.2, 0.25) is 0 Å². The van der Waals surface area contributed by atoms with Gasteiger partial charge in [0.1, 0.15) is 5.82 Å². The predicted octanol–water partition coefficient (Wildman–Crippen LogP) is 3.85. The molecule has 0 spiro atoms. The highest BCUT2D eigenvalue weighted by Crippen LogP contribution is 2.25. The number of halogens is 1. The molecule has 0 saturated carbocycles. The molecule has 0 radical (unpaired) electrons. The fourth-order valence-corrected chi connectivity index (χ4v) is 2.40. The molecule has 0 bridgehead atoms. The van der Waals surface area contributed by atoms with Crippen LogP contribution in [-0.2, 0) is 11.2 Å². The van der Waals surface area contributed by atoms with E-state index in [-0.39, 0.29) is 5.82 Å². The van der Waals surface area contributed by atoms with Crippen molar-refractivity contribution < 1.29 is 14.3 Å². The second-order valence-corrected chi connectivity index (χ2v) is 5.08. The van der Waals surface area contributed by atoms with Gasteiger partial charge in [0.2, 0.25) is 0 Å². The fraction of sp³-hybridized carbons (Fsp3) is 0.235. The van der Waals surface area contributed by atoms with Gasteiger partial charge in [-0.3, -0.25) is 4.79 Å². The summed E-state index contributed by atoms with van der Waals surface area (Å²) in [4.78, 5) is 11.5. The first kappa shape index (κ1) is 14.3. The van der Waals surface area contributed by atoms with Crippen molar-refractivity contribution in [1.82, 2.24) is 0 Å². The van der Waals surface area contributed by atoms with Crippen molar-refractivity contribution in [2.24, 2.45) is 0 Å². The molecule has 0 saturated heterocycles. The van der Waals surface area contributed by atoms with E-state index in [2.05, 4.69) is 0 Å². The Kier molecular flexibility index (Phi) is 4.18. The fourth-order valence-electron chi connectivity index (χ4n) is 2.40. The standard InChI is InChI=1S/C17H17FO2/c1-11-3-8-15(12(2)9-11)16(17(19)20)10-13-4-6-14(18)7-5-13/h3-9,16H,10H2,1-2H3,(H,19,20). The summed E-state index contributed by atoms with van der Waals surface area (Å²) < 4.78 is 12.9. The molecule has 0 aliphatic rings. The van der Waals surface area contributed by atoms with Gasteiger partial charge in [0.05, 0.1) is 5.92 Å². The largest absolute Gasteiger partial charge is 0.481 e. The molecular formula is C17H17FO2. The summed E-state index contributed by atoms with van der Waals surface area (Å²) in [6.45, 7) is 3.90. The Balaban J connectivity index is 2.31. The zero-order valence-electron chi connectivity index (χ0n) is 11.6. The molecular weight excluding hydrogens is 255 g/mol. The quantitative estimate of drug-likeness (QED) is 0.917. The van der Waals surface area contributed by atoms with Gasteiger partial charge in [0.15, 0.2) is 0 Å². The van der Waals surface area contributed by atoms with Gasteiger partial charge in [-0.05, 0) is 49.1 Å². The lowest BCUT2D eigenvalue weighted by Gasteiger charge is -2.16. The SMILES string of the molecule is Cc1ccc(C(Cc2ccc(F)cc2)C(=O)O)c(C)c1. The average Bonchev–Trinajstić information content (AvgIpc) is 2.39. The van der Waals surface area contributed by atoms with Crippen LogP contribution in [0.4, 0.5) is 4.39 Å². The number of benzene rings is 2. The van der Waals surface area contributed by atoms with E-state index in [0.29, 0.717) is 6.42 Å². The lowest BCUT2D eigenvalue weighted by molar-refractivity contribution is -0.138. The van der Waals surface area contributed by atoms with Crippen LogP contribution in [0.25, 0.3) is 0 Å². The maximum Gasteiger partial charge on any atom is 0.311 e. The van der Waals surface area contributed by atoms with Crippen LogP contribution >= 0.6 is 0 Å². The second kappa shape index (κ2) is 5.87. The molecule has 0 amide bonds. The van der Waals surface area contributed by atoms with Crippen LogP contribution in [0.1, 0.15) is 28.2 Å². The maximum atomic E-state index is 12.9. The van der Waals surface area contributed by atoms with E-state index in [9.17, 15) is 14.3 Å². The van der Waals surface area contributed by atoms with Crippen molar-refractivity contribution in [1.29, 1.82) is 0 Å². The first-order valence-electron chi connectivity index (χ1n) is 6.52. The summed E-state index contributed by atoms with van der Waals surface area (Å²) in [7, 11) is 0. The van der Waals surface area contributed by atoms with Gasteiger partial charge in [0.25, 0.3) is 0 Å². The van der Waals surface area contributed by atoms with Crippen LogP contribution in [0.5, 0.6) is 0 Å². The number of hydrogen-bond acceptors (Lipinski definition) is 1. The van der Waals surface area contributed by atoms with E-state index in [1.54, 1.807) is 12.1 Å². The van der Waals surface area contributed by atoms with Gasteiger partial charge in [0, 0.05) is 0 Å². The van der Waals surface area contributed by atoms with Crippen molar-refractivity contribution in [2.75, 3.05) is 0 Å². The first-order valence-corrected chi connectivity index (χ1v) is 6.52. The lowest BCUT2D eigenvalue weighted by Crippen LogP contribution is -2.15. The number of hydrogen-bond donors (Lipinski definition) is 1. The van der Waals surface area contributed by atoms with Crippen LogP contribution in [0.3, 0.4) is 0 Å². The summed E-state index contributed by atoms with van der Waals surface area (Å²) in [5.41, 5.74) is 3.71. The number of aliphatic carboxylic acids is 1. The van der Waals surface area contributed by atoms with Crippen molar-refractivity contribution in [3.63, 3.8) is 0 Å². The van der Waals surface area contributed by atoms with E-state index in [1.165, 1.54) is 12.1 Å². The number of carboxylic acid groups (broad SMARTS) is 1. The maximum absolute atomic E-state index is 12.9. The van der Waals surface area contributed by atoms with Gasteiger partial charge in [-0.25, -0.2) is 4.39 Å². The molecule has 2 aromatic rings. The molecule has 2 nitrogen and oxygen atoms in total. The normalized spacial score (nSPS) is 12.2. The van der Waals surface area contributed by atoms with Crippen LogP contribution in [-0.4, -0.2) is 11.1 Å². The molecule has 1 atom stereocenters. The van der Waals surface area contributed by atoms with Gasteiger partial charge in [-0.1, -0.05) is 35.9 Å². The molecule has 2 aromatic carbocycles. The van der Waals surface area contributed by atoms with Crippen molar-refractivity contribution >= 4 is 5.97 Å².